The number of carbonyl (C=O) groups is 1. The van der Waals surface area contributed by atoms with E-state index in [-0.39, 0.29) is 12.5 Å². The lowest BCUT2D eigenvalue weighted by molar-refractivity contribution is -0.114. The van der Waals surface area contributed by atoms with E-state index in [0.29, 0.717) is 5.69 Å². The number of anilines is 3. The zero-order chi connectivity index (χ0) is 23.2. The Kier molecular flexibility index (Phi) is 10.9. The van der Waals surface area contributed by atoms with Crippen LogP contribution >= 0.6 is 0 Å². The van der Waals surface area contributed by atoms with Crippen molar-refractivity contribution in [3.05, 3.63) is 49.1 Å². The number of piperazine rings is 1. The van der Waals surface area contributed by atoms with Gasteiger partial charge in [-0.1, -0.05) is 34.1 Å². The summed E-state index contributed by atoms with van der Waals surface area (Å²) >= 11 is 0. The van der Waals surface area contributed by atoms with E-state index in [1.54, 1.807) is 24.8 Å². The minimum absolute atomic E-state index is 0.131. The zero-order valence-electron chi connectivity index (χ0n) is 19.6. The lowest BCUT2D eigenvalue weighted by Gasteiger charge is -2.31. The molecule has 3 aromatic rings. The minimum atomic E-state index is -0.131. The quantitative estimate of drug-likeness (QED) is 0.557. The van der Waals surface area contributed by atoms with Crippen LogP contribution in [0.25, 0.3) is 11.0 Å². The van der Waals surface area contributed by atoms with E-state index in [0.717, 1.165) is 48.6 Å². The maximum Gasteiger partial charge on any atom is 0.243 e. The third-order valence-corrected chi connectivity index (χ3v) is 4.45. The standard InChI is InChI=1S/C19H21N7O.C3H8.C2H6/c27-19(25-14-1-2-15-16(11-14)23-6-5-22-15)13-24-17-12-21-4-3-18(17)26-9-7-20-8-10-26;1-3-2;1-2/h1-6,11-12,20,24H,7-10,13H2,(H,25,27);3H2,1-2H3;1-2H3. The van der Waals surface area contributed by atoms with Crippen LogP contribution in [0.15, 0.2) is 49.1 Å². The first-order valence-corrected chi connectivity index (χ1v) is 11.4. The molecule has 1 aliphatic heterocycles. The van der Waals surface area contributed by atoms with Crippen LogP contribution in [0.3, 0.4) is 0 Å². The number of fused-ring (bicyclic) bond motifs is 1. The minimum Gasteiger partial charge on any atom is -0.373 e. The summed E-state index contributed by atoms with van der Waals surface area (Å²) in [5, 5.41) is 9.44. The molecule has 0 unspecified atom stereocenters. The molecule has 2 aromatic heterocycles. The predicted molar refractivity (Wildman–Crippen MR) is 133 cm³/mol. The average molecular weight is 438 g/mol. The fraction of sp³-hybridized carbons (Fsp3) is 0.417. The first-order chi connectivity index (χ1) is 15.7. The van der Waals surface area contributed by atoms with Crippen molar-refractivity contribution in [2.24, 2.45) is 0 Å². The third kappa shape index (κ3) is 7.46. The largest absolute Gasteiger partial charge is 0.373 e. The van der Waals surface area contributed by atoms with Gasteiger partial charge in [0.1, 0.15) is 0 Å². The molecule has 0 atom stereocenters. The Morgan fingerprint density at radius 2 is 1.72 bits per heavy atom. The number of hydrogen-bond acceptors (Lipinski definition) is 7. The average Bonchev–Trinajstić information content (AvgIpc) is 2.85. The highest BCUT2D eigenvalue weighted by atomic mass is 16.1. The van der Waals surface area contributed by atoms with Crippen LogP contribution in [0.4, 0.5) is 17.1 Å². The molecule has 32 heavy (non-hydrogen) atoms. The monoisotopic (exact) mass is 437 g/mol. The van der Waals surface area contributed by atoms with E-state index >= 15 is 0 Å². The van der Waals surface area contributed by atoms with Gasteiger partial charge in [-0.15, -0.1) is 0 Å². The molecule has 0 spiro atoms. The van der Waals surface area contributed by atoms with Crippen molar-refractivity contribution in [1.82, 2.24) is 20.3 Å². The van der Waals surface area contributed by atoms with Crippen molar-refractivity contribution in [1.29, 1.82) is 0 Å². The normalized spacial score (nSPS) is 12.7. The number of pyridine rings is 1. The van der Waals surface area contributed by atoms with Crippen LogP contribution in [-0.2, 0) is 4.79 Å². The molecule has 1 aromatic carbocycles. The van der Waals surface area contributed by atoms with Gasteiger partial charge in [0.2, 0.25) is 5.91 Å². The van der Waals surface area contributed by atoms with E-state index in [4.69, 9.17) is 0 Å². The number of nitrogens with one attached hydrogen (secondary N) is 3. The van der Waals surface area contributed by atoms with Gasteiger partial charge in [0.05, 0.1) is 35.1 Å². The Balaban J connectivity index is 0.000000671. The van der Waals surface area contributed by atoms with Gasteiger partial charge < -0.3 is 20.9 Å². The molecular formula is C24H35N7O. The second kappa shape index (κ2) is 13.9. The highest BCUT2D eigenvalue weighted by Gasteiger charge is 2.14. The number of hydrogen-bond donors (Lipinski definition) is 3. The molecule has 0 aliphatic carbocycles. The topological polar surface area (TPSA) is 95.1 Å². The van der Waals surface area contributed by atoms with Crippen molar-refractivity contribution < 1.29 is 4.79 Å². The Hall–Kier alpha value is -3.26. The van der Waals surface area contributed by atoms with Gasteiger partial charge in [-0.3, -0.25) is 19.7 Å². The molecule has 8 nitrogen and oxygen atoms in total. The van der Waals surface area contributed by atoms with E-state index < -0.39 is 0 Å². The molecule has 8 heteroatoms. The smallest absolute Gasteiger partial charge is 0.243 e. The molecule has 1 aliphatic rings. The van der Waals surface area contributed by atoms with E-state index in [1.165, 1.54) is 6.42 Å². The van der Waals surface area contributed by atoms with Gasteiger partial charge in [0.25, 0.3) is 0 Å². The summed E-state index contributed by atoms with van der Waals surface area (Å²) in [7, 11) is 0. The van der Waals surface area contributed by atoms with Crippen molar-refractivity contribution in [2.45, 2.75) is 34.1 Å². The Morgan fingerprint density at radius 1 is 1.03 bits per heavy atom. The Morgan fingerprint density at radius 3 is 2.44 bits per heavy atom. The van der Waals surface area contributed by atoms with Crippen LogP contribution in [0.1, 0.15) is 34.1 Å². The molecule has 4 rings (SSSR count). The summed E-state index contributed by atoms with van der Waals surface area (Å²) < 4.78 is 0. The van der Waals surface area contributed by atoms with Crippen LogP contribution in [-0.4, -0.2) is 53.6 Å². The summed E-state index contributed by atoms with van der Waals surface area (Å²) in [5.41, 5.74) is 4.17. The molecule has 0 saturated carbocycles. The second-order valence-corrected chi connectivity index (χ2v) is 7.00. The van der Waals surface area contributed by atoms with Gasteiger partial charge >= 0.3 is 0 Å². The third-order valence-electron chi connectivity index (χ3n) is 4.45. The van der Waals surface area contributed by atoms with E-state index in [1.807, 2.05) is 38.1 Å². The fourth-order valence-electron chi connectivity index (χ4n) is 3.13. The lowest BCUT2D eigenvalue weighted by atomic mass is 10.2. The Bertz CT molecular complexity index is 958. The molecule has 1 saturated heterocycles. The predicted octanol–water partition coefficient (Wildman–Crippen LogP) is 3.93. The van der Waals surface area contributed by atoms with Gasteiger partial charge in [-0.05, 0) is 24.3 Å². The van der Waals surface area contributed by atoms with Crippen molar-refractivity contribution in [2.75, 3.05) is 48.3 Å². The number of rotatable bonds is 5. The van der Waals surface area contributed by atoms with E-state index in [9.17, 15) is 4.79 Å². The number of aromatic nitrogens is 3. The maximum atomic E-state index is 12.4. The molecule has 172 valence electrons. The molecule has 0 radical (unpaired) electrons. The number of nitrogens with zero attached hydrogens (tertiary/aromatic N) is 4. The van der Waals surface area contributed by atoms with Crippen molar-refractivity contribution >= 4 is 34.0 Å². The molecule has 3 N–H and O–H groups in total. The van der Waals surface area contributed by atoms with Crippen LogP contribution < -0.4 is 20.9 Å². The molecule has 1 amide bonds. The highest BCUT2D eigenvalue weighted by molar-refractivity contribution is 5.95. The molecule has 1 fully saturated rings. The van der Waals surface area contributed by atoms with Gasteiger partial charge in [-0.25, -0.2) is 0 Å². The summed E-state index contributed by atoms with van der Waals surface area (Å²) in [6, 6.07) is 7.46. The first-order valence-electron chi connectivity index (χ1n) is 11.4. The first kappa shape index (κ1) is 25.0. The molecule has 0 bridgehead atoms. The van der Waals surface area contributed by atoms with Crippen LogP contribution in [0.5, 0.6) is 0 Å². The maximum absolute atomic E-state index is 12.4. The summed E-state index contributed by atoms with van der Waals surface area (Å²) in [4.78, 5) is 27.3. The van der Waals surface area contributed by atoms with Crippen molar-refractivity contribution in [3.63, 3.8) is 0 Å². The van der Waals surface area contributed by atoms with Gasteiger partial charge in [-0.2, -0.15) is 0 Å². The summed E-state index contributed by atoms with van der Waals surface area (Å²) in [6.45, 7) is 12.2. The summed E-state index contributed by atoms with van der Waals surface area (Å²) in [6.07, 6.45) is 8.07. The SMILES string of the molecule is CC.CCC.O=C(CNc1cnccc1N1CCNCC1)Nc1ccc2nccnc2c1. The molecule has 3 heterocycles. The Labute approximate surface area is 190 Å². The summed E-state index contributed by atoms with van der Waals surface area (Å²) in [5.74, 6) is -0.131. The lowest BCUT2D eigenvalue weighted by Crippen LogP contribution is -2.43. The highest BCUT2D eigenvalue weighted by Crippen LogP contribution is 2.24. The second-order valence-electron chi connectivity index (χ2n) is 7.00. The number of amides is 1. The number of benzene rings is 1. The van der Waals surface area contributed by atoms with Gasteiger partial charge in [0.15, 0.2) is 0 Å². The van der Waals surface area contributed by atoms with Crippen LogP contribution in [0.2, 0.25) is 0 Å². The fourth-order valence-corrected chi connectivity index (χ4v) is 3.13. The van der Waals surface area contributed by atoms with Crippen molar-refractivity contribution in [3.8, 4) is 0 Å². The zero-order valence-corrected chi connectivity index (χ0v) is 19.6. The molecular weight excluding hydrogens is 402 g/mol. The van der Waals surface area contributed by atoms with Crippen LogP contribution in [0, 0.1) is 0 Å². The van der Waals surface area contributed by atoms with Gasteiger partial charge in [0, 0.05) is 50.5 Å². The number of carbonyl (C=O) groups excluding carboxylic acids is 1. The van der Waals surface area contributed by atoms with E-state index in [2.05, 4.69) is 49.6 Å².